The number of carbonyl (C=O) groups is 2. The number of benzene rings is 1. The molecule has 1 aromatic carbocycles. The minimum Gasteiger partial charge on any atom is -0.464 e. The van der Waals surface area contributed by atoms with Gasteiger partial charge in [0.05, 0.1) is 50.8 Å². The number of hydrogen-bond donors (Lipinski definition) is 0. The van der Waals surface area contributed by atoms with E-state index in [1.54, 1.807) is 29.3 Å². The van der Waals surface area contributed by atoms with Crippen molar-refractivity contribution in [1.29, 1.82) is 0 Å². The van der Waals surface area contributed by atoms with Crippen LogP contribution in [-0.4, -0.2) is 63.8 Å². The van der Waals surface area contributed by atoms with Crippen molar-refractivity contribution in [1.82, 2.24) is 0 Å². The summed E-state index contributed by atoms with van der Waals surface area (Å²) >= 11 is 0. The van der Waals surface area contributed by atoms with E-state index in [1.165, 1.54) is 7.11 Å². The Balaban J connectivity index is 1.95. The highest BCUT2D eigenvalue weighted by molar-refractivity contribution is 6.37. The lowest BCUT2D eigenvalue weighted by Gasteiger charge is -2.24. The van der Waals surface area contributed by atoms with E-state index in [0.717, 1.165) is 0 Å². The molecule has 134 valence electrons. The monoisotopic (exact) mass is 348 g/mol. The molecule has 0 aromatic heterocycles. The van der Waals surface area contributed by atoms with Crippen LogP contribution in [0.4, 0.5) is 5.69 Å². The lowest BCUT2D eigenvalue weighted by Crippen LogP contribution is -2.32. The maximum atomic E-state index is 12.4. The molecule has 0 bridgehead atoms. The van der Waals surface area contributed by atoms with Gasteiger partial charge in [-0.1, -0.05) is 12.1 Å². The molecule has 25 heavy (non-hydrogen) atoms. The molecule has 0 radical (unpaired) electrons. The van der Waals surface area contributed by atoms with Crippen molar-refractivity contribution in [3.63, 3.8) is 0 Å². The van der Waals surface area contributed by atoms with E-state index < -0.39 is 11.9 Å². The van der Waals surface area contributed by atoms with Gasteiger partial charge in [0.25, 0.3) is 0 Å². The number of fused-ring (bicyclic) bond motifs is 3. The number of rotatable bonds is 1. The molecule has 8 heteroatoms. The predicted molar refractivity (Wildman–Crippen MR) is 88.7 cm³/mol. The van der Waals surface area contributed by atoms with Gasteiger partial charge >= 0.3 is 11.9 Å². The van der Waals surface area contributed by atoms with Gasteiger partial charge in [0.15, 0.2) is 0 Å². The second-order valence-electron chi connectivity index (χ2n) is 5.58. The number of methoxy groups -OCH3 is 1. The first-order chi connectivity index (χ1) is 12.2. The summed E-state index contributed by atoms with van der Waals surface area (Å²) in [6.07, 6.45) is 0.372. The quantitative estimate of drug-likeness (QED) is 0.700. The van der Waals surface area contributed by atoms with Gasteiger partial charge in [-0.25, -0.2) is 9.59 Å². The van der Waals surface area contributed by atoms with Gasteiger partial charge in [-0.05, 0) is 12.1 Å². The second kappa shape index (κ2) is 8.09. The van der Waals surface area contributed by atoms with Crippen LogP contribution < -0.4 is 5.01 Å². The van der Waals surface area contributed by atoms with Gasteiger partial charge in [0, 0.05) is 6.42 Å². The molecule has 8 nitrogen and oxygen atoms in total. The number of cyclic esters (lactones) is 1. The van der Waals surface area contributed by atoms with Crippen molar-refractivity contribution in [2.45, 2.75) is 12.5 Å². The van der Waals surface area contributed by atoms with Crippen LogP contribution in [0.1, 0.15) is 16.8 Å². The minimum absolute atomic E-state index is 0.160. The first-order valence-electron chi connectivity index (χ1n) is 8.07. The molecule has 1 atom stereocenters. The Kier molecular flexibility index (Phi) is 5.62. The zero-order valence-corrected chi connectivity index (χ0v) is 14.0. The van der Waals surface area contributed by atoms with Crippen LogP contribution in [-0.2, 0) is 23.7 Å². The zero-order valence-electron chi connectivity index (χ0n) is 14.0. The molecule has 3 rings (SSSR count). The average Bonchev–Trinajstić information content (AvgIpc) is 3.06. The molecule has 0 saturated heterocycles. The van der Waals surface area contributed by atoms with E-state index in [9.17, 15) is 9.59 Å². The van der Waals surface area contributed by atoms with Crippen LogP contribution in [0.25, 0.3) is 0 Å². The van der Waals surface area contributed by atoms with Crippen molar-refractivity contribution in [3.8, 4) is 0 Å². The van der Waals surface area contributed by atoms with Crippen LogP contribution in [0.2, 0.25) is 0 Å². The highest BCUT2D eigenvalue weighted by atomic mass is 16.6. The van der Waals surface area contributed by atoms with Gasteiger partial charge in [0.1, 0.15) is 12.3 Å². The molecular weight excluding hydrogens is 328 g/mol. The molecule has 0 N–H and O–H groups in total. The number of nitrogens with zero attached hydrogens (tertiary/aromatic N) is 2. The summed E-state index contributed by atoms with van der Waals surface area (Å²) in [5.74, 6) is -0.947. The first-order valence-corrected chi connectivity index (χ1v) is 8.07. The number of esters is 2. The molecule has 0 aliphatic carbocycles. The van der Waals surface area contributed by atoms with E-state index >= 15 is 0 Å². The Morgan fingerprint density at radius 1 is 1.20 bits per heavy atom. The molecule has 2 aliphatic rings. The number of hydrazone groups is 1. The highest BCUT2D eigenvalue weighted by Crippen LogP contribution is 2.29. The van der Waals surface area contributed by atoms with Gasteiger partial charge in [-0.3, -0.25) is 5.01 Å². The Hall–Kier alpha value is -2.45. The van der Waals surface area contributed by atoms with Crippen molar-refractivity contribution in [2.75, 3.05) is 45.2 Å². The molecule has 1 unspecified atom stereocenters. The van der Waals surface area contributed by atoms with E-state index in [-0.39, 0.29) is 12.6 Å². The maximum Gasteiger partial charge on any atom is 0.354 e. The van der Waals surface area contributed by atoms with Crippen molar-refractivity contribution in [3.05, 3.63) is 29.8 Å². The number of carbonyl (C=O) groups excluding carboxylic acids is 2. The third-order valence-electron chi connectivity index (χ3n) is 3.94. The third kappa shape index (κ3) is 3.97. The standard InChI is InChI=1S/C17H20N2O6/c1-22-17(21)14-10-12-11-24-7-6-23-8-9-25-16(20)13-4-2-3-5-15(13)19(12)18-14/h2-5,12H,6-11H2,1H3. The van der Waals surface area contributed by atoms with Crippen LogP contribution in [0.15, 0.2) is 29.4 Å². The minimum atomic E-state index is -0.489. The fourth-order valence-corrected chi connectivity index (χ4v) is 2.74. The molecule has 0 amide bonds. The third-order valence-corrected chi connectivity index (χ3v) is 3.94. The Labute approximate surface area is 145 Å². The predicted octanol–water partition coefficient (Wildman–Crippen LogP) is 0.998. The molecular formula is C17H20N2O6. The first kappa shape index (κ1) is 17.4. The Bertz CT molecular complexity index is 675. The topological polar surface area (TPSA) is 86.7 Å². The fraction of sp³-hybridized carbons (Fsp3) is 0.471. The van der Waals surface area contributed by atoms with Crippen LogP contribution in [0, 0.1) is 0 Å². The summed E-state index contributed by atoms with van der Waals surface area (Å²) in [6.45, 7) is 1.63. The second-order valence-corrected chi connectivity index (χ2v) is 5.58. The van der Waals surface area contributed by atoms with Gasteiger partial charge in [0.2, 0.25) is 0 Å². The summed E-state index contributed by atoms with van der Waals surface area (Å²) in [6, 6.07) is 6.77. The lowest BCUT2D eigenvalue weighted by molar-refractivity contribution is -0.132. The lowest BCUT2D eigenvalue weighted by atomic mass is 10.1. The summed E-state index contributed by atoms with van der Waals surface area (Å²) in [7, 11) is 1.31. The molecule has 0 spiro atoms. The van der Waals surface area contributed by atoms with Crippen molar-refractivity contribution < 1.29 is 28.5 Å². The number of anilines is 1. The fourth-order valence-electron chi connectivity index (χ4n) is 2.74. The van der Waals surface area contributed by atoms with Gasteiger partial charge in [-0.2, -0.15) is 5.10 Å². The normalized spacial score (nSPS) is 21.6. The van der Waals surface area contributed by atoms with Crippen molar-refractivity contribution >= 4 is 23.3 Å². The summed E-state index contributed by atoms with van der Waals surface area (Å²) < 4.78 is 21.0. The van der Waals surface area contributed by atoms with E-state index in [1.807, 2.05) is 0 Å². The molecule has 0 saturated carbocycles. The van der Waals surface area contributed by atoms with Crippen LogP contribution in [0.3, 0.4) is 0 Å². The molecule has 1 aromatic rings. The summed E-state index contributed by atoms with van der Waals surface area (Å²) in [5.41, 5.74) is 1.24. The zero-order chi connectivity index (χ0) is 17.6. The largest absolute Gasteiger partial charge is 0.464 e. The van der Waals surface area contributed by atoms with E-state index in [4.69, 9.17) is 18.9 Å². The van der Waals surface area contributed by atoms with Crippen LogP contribution in [0.5, 0.6) is 0 Å². The number of ether oxygens (including phenoxy) is 4. The van der Waals surface area contributed by atoms with Gasteiger partial charge < -0.3 is 18.9 Å². The SMILES string of the molecule is COC(=O)C1=NN2c3ccccc3C(=O)OCCOCCOCC2C1. The van der Waals surface area contributed by atoms with Gasteiger partial charge in [-0.15, -0.1) is 0 Å². The molecule has 2 aliphatic heterocycles. The van der Waals surface area contributed by atoms with Crippen LogP contribution >= 0.6 is 0 Å². The van der Waals surface area contributed by atoms with E-state index in [2.05, 4.69) is 5.10 Å². The Morgan fingerprint density at radius 3 is 2.80 bits per heavy atom. The number of para-hydroxylation sites is 1. The summed E-state index contributed by atoms with van der Waals surface area (Å²) in [5, 5.41) is 6.00. The Morgan fingerprint density at radius 2 is 1.96 bits per heavy atom. The average molecular weight is 348 g/mol. The smallest absolute Gasteiger partial charge is 0.354 e. The van der Waals surface area contributed by atoms with E-state index in [0.29, 0.717) is 49.8 Å². The van der Waals surface area contributed by atoms with Crippen molar-refractivity contribution in [2.24, 2.45) is 5.10 Å². The molecule has 2 heterocycles. The highest BCUT2D eigenvalue weighted by Gasteiger charge is 2.34. The molecule has 0 fully saturated rings. The maximum absolute atomic E-state index is 12.4. The number of hydrogen-bond acceptors (Lipinski definition) is 8. The summed E-state index contributed by atoms with van der Waals surface area (Å²) in [4.78, 5) is 24.3.